The second-order valence-corrected chi connectivity index (χ2v) is 6.25. The molecule has 1 N–H and O–H groups in total. The van der Waals surface area contributed by atoms with Crippen molar-refractivity contribution in [2.24, 2.45) is 0 Å². The van der Waals surface area contributed by atoms with Crippen LogP contribution in [-0.4, -0.2) is 76.1 Å². The van der Waals surface area contributed by atoms with Gasteiger partial charge in [0, 0.05) is 80.8 Å². The molecule has 0 bridgehead atoms. The van der Waals surface area contributed by atoms with E-state index >= 15 is 0 Å². The maximum atomic E-state index is 14.3. The van der Waals surface area contributed by atoms with Crippen LogP contribution in [-0.2, 0) is 6.18 Å². The predicted octanol–water partition coefficient (Wildman–Crippen LogP) is 4.39. The normalized spacial score (nSPS) is 11.5. The van der Waals surface area contributed by atoms with Crippen molar-refractivity contribution >= 4 is 57.0 Å². The summed E-state index contributed by atoms with van der Waals surface area (Å²) in [7, 11) is 0. The molecule has 0 spiro atoms. The van der Waals surface area contributed by atoms with E-state index in [4.69, 9.17) is 0 Å². The molecule has 0 aliphatic heterocycles. The molecule has 4 aromatic rings. The van der Waals surface area contributed by atoms with Crippen molar-refractivity contribution < 1.29 is 27.1 Å². The van der Waals surface area contributed by atoms with Crippen molar-refractivity contribution in [1.29, 1.82) is 0 Å². The first kappa shape index (κ1) is 22.8. The van der Waals surface area contributed by atoms with Crippen molar-refractivity contribution in [2.45, 2.75) is 13.1 Å². The predicted molar refractivity (Wildman–Crippen MR) is 98.7 cm³/mol. The van der Waals surface area contributed by atoms with Gasteiger partial charge in [0.2, 0.25) is 5.88 Å². The number of fused-ring (bicyclic) bond motifs is 1. The Morgan fingerprint density at radius 3 is 2.37 bits per heavy atom. The molecule has 1 aromatic carbocycles. The Bertz CT molecular complexity index is 1240. The summed E-state index contributed by atoms with van der Waals surface area (Å²) in [6, 6.07) is 6.16. The molecule has 0 atom stereocenters. The maximum Gasteiger partial charge on any atom is 0.433 e. The summed E-state index contributed by atoms with van der Waals surface area (Å²) in [4.78, 5) is 7.69. The van der Waals surface area contributed by atoms with E-state index in [2.05, 4.69) is 15.1 Å². The van der Waals surface area contributed by atoms with Crippen molar-refractivity contribution in [3.63, 3.8) is 0 Å². The van der Waals surface area contributed by atoms with Crippen LogP contribution in [0.25, 0.3) is 28.0 Å². The molecular formula is C19H11F5KN4O. The maximum absolute atomic E-state index is 14.3. The SMILES string of the molecule is Cc1nn2c(O)cc(-c3ccc(C(F)(F)F)nc3)nc2c1-c1ccc(F)cc1F.[K]. The molecule has 5 nitrogen and oxygen atoms in total. The minimum absolute atomic E-state index is 0. The molecule has 149 valence electrons. The van der Waals surface area contributed by atoms with Gasteiger partial charge >= 0.3 is 6.18 Å². The van der Waals surface area contributed by atoms with Crippen LogP contribution in [0, 0.1) is 18.6 Å². The fraction of sp³-hybridized carbons (Fsp3) is 0.105. The number of hydrogen-bond donors (Lipinski definition) is 1. The van der Waals surface area contributed by atoms with E-state index in [1.807, 2.05) is 0 Å². The fourth-order valence-electron chi connectivity index (χ4n) is 2.98. The summed E-state index contributed by atoms with van der Waals surface area (Å²) >= 11 is 0. The Balaban J connectivity index is 0.00000256. The third-order valence-electron chi connectivity index (χ3n) is 4.30. The third-order valence-corrected chi connectivity index (χ3v) is 4.30. The number of rotatable bonds is 2. The van der Waals surface area contributed by atoms with E-state index < -0.39 is 23.5 Å². The molecule has 4 rings (SSSR count). The summed E-state index contributed by atoms with van der Waals surface area (Å²) in [5.41, 5.74) is -0.127. The topological polar surface area (TPSA) is 63.3 Å². The molecule has 0 saturated carbocycles. The van der Waals surface area contributed by atoms with Gasteiger partial charge in [0.1, 0.15) is 17.3 Å². The Morgan fingerprint density at radius 2 is 1.77 bits per heavy atom. The zero-order valence-corrected chi connectivity index (χ0v) is 18.8. The molecule has 1 radical (unpaired) electrons. The smallest absolute Gasteiger partial charge is 0.433 e. The second kappa shape index (κ2) is 8.31. The molecule has 0 fully saturated rings. The molecule has 0 unspecified atom stereocenters. The minimum Gasteiger partial charge on any atom is -0.493 e. The van der Waals surface area contributed by atoms with Crippen LogP contribution in [0.2, 0.25) is 0 Å². The first-order valence-electron chi connectivity index (χ1n) is 8.23. The quantitative estimate of drug-likeness (QED) is 0.367. The number of aromatic nitrogens is 4. The molecule has 0 saturated heterocycles. The number of hydrogen-bond acceptors (Lipinski definition) is 4. The molecule has 3 heterocycles. The number of halogens is 5. The van der Waals surface area contributed by atoms with Crippen molar-refractivity contribution in [3.05, 3.63) is 65.6 Å². The number of aromatic hydroxyl groups is 1. The van der Waals surface area contributed by atoms with Crippen LogP contribution in [0.3, 0.4) is 0 Å². The minimum atomic E-state index is -4.59. The van der Waals surface area contributed by atoms with Crippen molar-refractivity contribution in [1.82, 2.24) is 19.6 Å². The van der Waals surface area contributed by atoms with Crippen LogP contribution in [0.1, 0.15) is 11.4 Å². The molecule has 0 aliphatic carbocycles. The number of alkyl halides is 3. The van der Waals surface area contributed by atoms with Crippen molar-refractivity contribution in [2.75, 3.05) is 0 Å². The second-order valence-electron chi connectivity index (χ2n) is 6.25. The third kappa shape index (κ3) is 4.12. The van der Waals surface area contributed by atoms with Gasteiger partial charge in [0.05, 0.1) is 17.0 Å². The van der Waals surface area contributed by atoms with E-state index in [0.29, 0.717) is 11.8 Å². The average molecular weight is 445 g/mol. The zero-order chi connectivity index (χ0) is 20.9. The van der Waals surface area contributed by atoms with Gasteiger partial charge in [-0.05, 0) is 31.2 Å². The summed E-state index contributed by atoms with van der Waals surface area (Å²) in [5.74, 6) is -1.96. The Labute approximate surface area is 209 Å². The standard InChI is InChI=1S/C19H11F5N4O.K/c1-9-17(12-4-3-11(20)6-13(12)21)18-26-14(7-16(29)28(18)27-9)10-2-5-15(25-8-10)19(22,23)24;/h2-8,29H,1H3;. The van der Waals surface area contributed by atoms with Gasteiger partial charge in [-0.3, -0.25) is 4.98 Å². The van der Waals surface area contributed by atoms with E-state index in [-0.39, 0.29) is 85.3 Å². The number of nitrogens with zero attached hydrogens (tertiary/aromatic N) is 4. The fourth-order valence-corrected chi connectivity index (χ4v) is 2.98. The monoisotopic (exact) mass is 445 g/mol. The summed E-state index contributed by atoms with van der Waals surface area (Å²) in [6.45, 7) is 1.56. The largest absolute Gasteiger partial charge is 0.493 e. The zero-order valence-electron chi connectivity index (χ0n) is 15.7. The number of aryl methyl sites for hydroxylation is 1. The van der Waals surface area contributed by atoms with Crippen LogP contribution in [0.15, 0.2) is 42.6 Å². The summed E-state index contributed by atoms with van der Waals surface area (Å²) in [5, 5.41) is 14.4. The first-order valence-corrected chi connectivity index (χ1v) is 8.23. The Kier molecular flexibility index (Phi) is 6.30. The van der Waals surface area contributed by atoms with Gasteiger partial charge in [-0.1, -0.05) is 0 Å². The van der Waals surface area contributed by atoms with Gasteiger partial charge in [-0.2, -0.15) is 22.8 Å². The molecule has 0 aliphatic rings. The van der Waals surface area contributed by atoms with Crippen LogP contribution >= 0.6 is 0 Å². The van der Waals surface area contributed by atoms with E-state index in [1.165, 1.54) is 12.1 Å². The molecular weight excluding hydrogens is 434 g/mol. The summed E-state index contributed by atoms with van der Waals surface area (Å²) in [6.07, 6.45) is -3.61. The number of benzene rings is 1. The van der Waals surface area contributed by atoms with E-state index in [9.17, 15) is 27.1 Å². The number of pyridine rings is 1. The Hall–Kier alpha value is -1.92. The van der Waals surface area contributed by atoms with Crippen LogP contribution < -0.4 is 0 Å². The first-order chi connectivity index (χ1) is 13.6. The van der Waals surface area contributed by atoms with E-state index in [1.54, 1.807) is 6.92 Å². The molecule has 30 heavy (non-hydrogen) atoms. The van der Waals surface area contributed by atoms with Gasteiger partial charge < -0.3 is 5.11 Å². The van der Waals surface area contributed by atoms with Crippen LogP contribution in [0.5, 0.6) is 5.88 Å². The molecule has 0 amide bonds. The van der Waals surface area contributed by atoms with Gasteiger partial charge in [-0.25, -0.2) is 13.8 Å². The van der Waals surface area contributed by atoms with Gasteiger partial charge in [0.15, 0.2) is 5.65 Å². The van der Waals surface area contributed by atoms with Gasteiger partial charge in [0.25, 0.3) is 0 Å². The summed E-state index contributed by atoms with van der Waals surface area (Å²) < 4.78 is 66.8. The molecule has 11 heteroatoms. The van der Waals surface area contributed by atoms with Gasteiger partial charge in [-0.15, -0.1) is 0 Å². The van der Waals surface area contributed by atoms with Crippen LogP contribution in [0.4, 0.5) is 22.0 Å². The average Bonchev–Trinajstić information content (AvgIpc) is 2.98. The Morgan fingerprint density at radius 1 is 1.03 bits per heavy atom. The van der Waals surface area contributed by atoms with Crippen molar-refractivity contribution in [3.8, 4) is 28.3 Å². The van der Waals surface area contributed by atoms with E-state index in [0.717, 1.165) is 28.9 Å². The molecule has 3 aromatic heterocycles.